The molecule has 0 aliphatic heterocycles. The molecule has 0 bridgehead atoms. The van der Waals surface area contributed by atoms with Gasteiger partial charge in [-0.1, -0.05) is 11.6 Å². The molecule has 20 heavy (non-hydrogen) atoms. The van der Waals surface area contributed by atoms with Crippen LogP contribution in [0.2, 0.25) is 0 Å². The molecule has 4 aromatic rings. The van der Waals surface area contributed by atoms with E-state index in [1.165, 1.54) is 5.56 Å². The normalized spacial score (nSPS) is 11.4. The van der Waals surface area contributed by atoms with Gasteiger partial charge >= 0.3 is 0 Å². The number of nitrogens with one attached hydrogen (secondary N) is 1. The summed E-state index contributed by atoms with van der Waals surface area (Å²) in [6.45, 7) is 2.05. The number of phenolic OH excluding ortho intramolecular Hbond substituents is 1. The summed E-state index contributed by atoms with van der Waals surface area (Å²) in [7, 11) is 0. The van der Waals surface area contributed by atoms with E-state index in [9.17, 15) is 5.11 Å². The molecular formula is C16H12N2O2. The maximum absolute atomic E-state index is 9.48. The molecule has 0 atom stereocenters. The minimum Gasteiger partial charge on any atom is -0.508 e. The molecule has 0 saturated carbocycles. The molecule has 0 fully saturated rings. The number of H-pyrrole nitrogens is 1. The van der Waals surface area contributed by atoms with Crippen LogP contribution in [0.1, 0.15) is 5.56 Å². The van der Waals surface area contributed by atoms with Crippen LogP contribution in [0.3, 0.4) is 0 Å². The third kappa shape index (κ3) is 1.66. The molecule has 2 aromatic carbocycles. The largest absolute Gasteiger partial charge is 0.508 e. The molecule has 0 aliphatic carbocycles. The van der Waals surface area contributed by atoms with E-state index >= 15 is 0 Å². The van der Waals surface area contributed by atoms with Gasteiger partial charge in [-0.05, 0) is 37.3 Å². The number of furan rings is 1. The van der Waals surface area contributed by atoms with E-state index in [1.807, 2.05) is 18.2 Å². The Balaban J connectivity index is 1.91. The van der Waals surface area contributed by atoms with Gasteiger partial charge in [-0.2, -0.15) is 0 Å². The van der Waals surface area contributed by atoms with Gasteiger partial charge in [-0.3, -0.25) is 0 Å². The Bertz CT molecular complexity index is 856. The minimum absolute atomic E-state index is 0.216. The summed E-state index contributed by atoms with van der Waals surface area (Å²) in [5, 5.41) is 10.5. The van der Waals surface area contributed by atoms with E-state index in [2.05, 4.69) is 23.0 Å². The molecular weight excluding hydrogens is 252 g/mol. The molecule has 0 unspecified atom stereocenters. The van der Waals surface area contributed by atoms with Crippen molar-refractivity contribution in [2.75, 3.05) is 0 Å². The van der Waals surface area contributed by atoms with Crippen molar-refractivity contribution in [1.82, 2.24) is 9.97 Å². The van der Waals surface area contributed by atoms with Gasteiger partial charge in [0.25, 0.3) is 0 Å². The quantitative estimate of drug-likeness (QED) is 0.546. The van der Waals surface area contributed by atoms with Crippen LogP contribution >= 0.6 is 0 Å². The zero-order chi connectivity index (χ0) is 13.7. The third-order valence-electron chi connectivity index (χ3n) is 3.37. The Morgan fingerprint density at radius 2 is 2.00 bits per heavy atom. The highest BCUT2D eigenvalue weighted by atomic mass is 16.3. The van der Waals surface area contributed by atoms with Crippen LogP contribution in [0.5, 0.6) is 5.75 Å². The number of rotatable bonds is 1. The summed E-state index contributed by atoms with van der Waals surface area (Å²) < 4.78 is 5.81. The standard InChI is InChI=1S/C16H12N2O2/c1-9-2-5-14-10(6-9)7-15(20-14)16-17-12-4-3-11(19)8-13(12)18-16/h2-8,19H,1H3,(H,17,18). The number of aromatic amines is 1. The van der Waals surface area contributed by atoms with Crippen LogP contribution in [-0.2, 0) is 0 Å². The predicted octanol–water partition coefficient (Wildman–Crippen LogP) is 3.99. The summed E-state index contributed by atoms with van der Waals surface area (Å²) >= 11 is 0. The fraction of sp³-hybridized carbons (Fsp3) is 0.0625. The maximum atomic E-state index is 9.48. The summed E-state index contributed by atoms with van der Waals surface area (Å²) in [6.07, 6.45) is 0. The van der Waals surface area contributed by atoms with Crippen molar-refractivity contribution >= 4 is 22.0 Å². The van der Waals surface area contributed by atoms with E-state index in [1.54, 1.807) is 18.2 Å². The van der Waals surface area contributed by atoms with E-state index in [0.717, 1.165) is 22.0 Å². The number of hydrogen-bond acceptors (Lipinski definition) is 3. The zero-order valence-electron chi connectivity index (χ0n) is 10.8. The minimum atomic E-state index is 0.216. The molecule has 0 aliphatic rings. The van der Waals surface area contributed by atoms with Gasteiger partial charge in [-0.25, -0.2) is 4.98 Å². The van der Waals surface area contributed by atoms with Crippen LogP contribution in [0, 0.1) is 6.92 Å². The highest BCUT2D eigenvalue weighted by Crippen LogP contribution is 2.28. The number of phenols is 1. The first-order valence-electron chi connectivity index (χ1n) is 6.38. The molecule has 0 amide bonds. The number of aromatic hydroxyl groups is 1. The topological polar surface area (TPSA) is 62.1 Å². The molecule has 4 heteroatoms. The van der Waals surface area contributed by atoms with Crippen molar-refractivity contribution < 1.29 is 9.52 Å². The van der Waals surface area contributed by atoms with Gasteiger partial charge < -0.3 is 14.5 Å². The molecule has 2 heterocycles. The Hall–Kier alpha value is -2.75. The van der Waals surface area contributed by atoms with Crippen molar-refractivity contribution in [1.29, 1.82) is 0 Å². The molecule has 98 valence electrons. The lowest BCUT2D eigenvalue weighted by Gasteiger charge is -1.89. The van der Waals surface area contributed by atoms with Gasteiger partial charge in [0.15, 0.2) is 11.6 Å². The summed E-state index contributed by atoms with van der Waals surface area (Å²) in [5.74, 6) is 1.58. The zero-order valence-corrected chi connectivity index (χ0v) is 10.8. The summed E-state index contributed by atoms with van der Waals surface area (Å²) in [6, 6.07) is 13.1. The average Bonchev–Trinajstić information content (AvgIpc) is 3.00. The van der Waals surface area contributed by atoms with Crippen LogP contribution in [0.15, 0.2) is 46.9 Å². The van der Waals surface area contributed by atoms with Gasteiger partial charge in [-0.15, -0.1) is 0 Å². The Labute approximate surface area is 114 Å². The summed E-state index contributed by atoms with van der Waals surface area (Å²) in [4.78, 5) is 7.64. The molecule has 2 aromatic heterocycles. The highest BCUT2D eigenvalue weighted by Gasteiger charge is 2.11. The second-order valence-corrected chi connectivity index (χ2v) is 4.94. The number of hydrogen-bond donors (Lipinski definition) is 2. The Kier molecular flexibility index (Phi) is 2.15. The first-order valence-corrected chi connectivity index (χ1v) is 6.38. The monoisotopic (exact) mass is 264 g/mol. The number of imidazole rings is 1. The lowest BCUT2D eigenvalue weighted by atomic mass is 10.2. The number of nitrogens with zero attached hydrogens (tertiary/aromatic N) is 1. The molecule has 0 spiro atoms. The molecule has 4 nitrogen and oxygen atoms in total. The molecule has 4 rings (SSSR count). The number of aromatic nitrogens is 2. The lowest BCUT2D eigenvalue weighted by Crippen LogP contribution is -1.74. The highest BCUT2D eigenvalue weighted by molar-refractivity contribution is 5.85. The van der Waals surface area contributed by atoms with Crippen molar-refractivity contribution in [3.63, 3.8) is 0 Å². The first kappa shape index (κ1) is 11.1. The molecule has 2 N–H and O–H groups in total. The van der Waals surface area contributed by atoms with E-state index in [4.69, 9.17) is 4.42 Å². The Morgan fingerprint density at radius 3 is 2.90 bits per heavy atom. The first-order chi connectivity index (χ1) is 9.69. The summed E-state index contributed by atoms with van der Waals surface area (Å²) in [5.41, 5.74) is 3.62. The third-order valence-corrected chi connectivity index (χ3v) is 3.37. The molecule has 0 saturated heterocycles. The van der Waals surface area contributed by atoms with Crippen LogP contribution < -0.4 is 0 Å². The van der Waals surface area contributed by atoms with Crippen molar-refractivity contribution in [2.45, 2.75) is 6.92 Å². The van der Waals surface area contributed by atoms with Crippen LogP contribution in [0.4, 0.5) is 0 Å². The number of benzene rings is 2. The fourth-order valence-corrected chi connectivity index (χ4v) is 2.39. The van der Waals surface area contributed by atoms with Gasteiger partial charge in [0, 0.05) is 11.5 Å². The lowest BCUT2D eigenvalue weighted by molar-refractivity contribution is 0.476. The van der Waals surface area contributed by atoms with Crippen LogP contribution in [-0.4, -0.2) is 15.1 Å². The molecule has 0 radical (unpaired) electrons. The predicted molar refractivity (Wildman–Crippen MR) is 77.7 cm³/mol. The van der Waals surface area contributed by atoms with Crippen molar-refractivity contribution in [2.24, 2.45) is 0 Å². The van der Waals surface area contributed by atoms with E-state index in [-0.39, 0.29) is 5.75 Å². The van der Waals surface area contributed by atoms with Gasteiger partial charge in [0.2, 0.25) is 0 Å². The Morgan fingerprint density at radius 1 is 1.10 bits per heavy atom. The van der Waals surface area contributed by atoms with Gasteiger partial charge in [0.05, 0.1) is 11.0 Å². The van der Waals surface area contributed by atoms with Crippen LogP contribution in [0.25, 0.3) is 33.6 Å². The van der Waals surface area contributed by atoms with E-state index < -0.39 is 0 Å². The van der Waals surface area contributed by atoms with Crippen molar-refractivity contribution in [3.8, 4) is 17.3 Å². The van der Waals surface area contributed by atoms with E-state index in [0.29, 0.717) is 11.6 Å². The second-order valence-electron chi connectivity index (χ2n) is 4.94. The SMILES string of the molecule is Cc1ccc2oc(-c3nc4ccc(O)cc4[nH]3)cc2c1. The number of aryl methyl sites for hydroxylation is 1. The van der Waals surface area contributed by atoms with Crippen molar-refractivity contribution in [3.05, 3.63) is 48.0 Å². The smallest absolute Gasteiger partial charge is 0.174 e. The van der Waals surface area contributed by atoms with Gasteiger partial charge in [0.1, 0.15) is 11.3 Å². The fourth-order valence-electron chi connectivity index (χ4n) is 2.39. The second kappa shape index (κ2) is 3.87. The number of fused-ring (bicyclic) bond motifs is 2. The average molecular weight is 264 g/mol. The maximum Gasteiger partial charge on any atom is 0.174 e.